The van der Waals surface area contributed by atoms with Crippen molar-refractivity contribution in [2.75, 3.05) is 0 Å². The van der Waals surface area contributed by atoms with Crippen LogP contribution in [0.15, 0.2) is 46.9 Å². The standard InChI is InChI=1S/C20H20N2O3/c1-12-6-9-16(10-7-12)19-22-21-18(25-19)15(4)24-20(23)17-11-13(2)5-8-14(17)3/h5-11,15H,1-4H3. The summed E-state index contributed by atoms with van der Waals surface area (Å²) in [6.07, 6.45) is -0.626. The van der Waals surface area contributed by atoms with Crippen molar-refractivity contribution in [3.63, 3.8) is 0 Å². The average Bonchev–Trinajstić information content (AvgIpc) is 3.07. The number of hydrogen-bond donors (Lipinski definition) is 0. The summed E-state index contributed by atoms with van der Waals surface area (Å²) in [5, 5.41) is 8.05. The molecule has 3 rings (SSSR count). The lowest BCUT2D eigenvalue weighted by molar-refractivity contribution is 0.0279. The summed E-state index contributed by atoms with van der Waals surface area (Å²) in [6, 6.07) is 13.5. The van der Waals surface area contributed by atoms with Gasteiger partial charge in [-0.05, 0) is 51.5 Å². The Balaban J connectivity index is 1.75. The maximum absolute atomic E-state index is 12.4. The maximum atomic E-state index is 12.4. The average molecular weight is 336 g/mol. The Kier molecular flexibility index (Phi) is 4.65. The molecule has 0 fully saturated rings. The minimum absolute atomic E-state index is 0.272. The third kappa shape index (κ3) is 3.76. The fourth-order valence-electron chi connectivity index (χ4n) is 2.44. The Morgan fingerprint density at radius 3 is 2.40 bits per heavy atom. The lowest BCUT2D eigenvalue weighted by Gasteiger charge is -2.11. The van der Waals surface area contributed by atoms with Gasteiger partial charge in [-0.15, -0.1) is 10.2 Å². The summed E-state index contributed by atoms with van der Waals surface area (Å²) in [6.45, 7) is 7.54. The van der Waals surface area contributed by atoms with Crippen LogP contribution in [0, 0.1) is 20.8 Å². The van der Waals surface area contributed by atoms with E-state index in [-0.39, 0.29) is 5.89 Å². The molecule has 0 aliphatic heterocycles. The molecule has 5 nitrogen and oxygen atoms in total. The van der Waals surface area contributed by atoms with Gasteiger partial charge in [0.05, 0.1) is 5.56 Å². The molecule has 0 saturated carbocycles. The first-order chi connectivity index (χ1) is 11.9. The molecule has 0 amide bonds. The number of aryl methyl sites for hydroxylation is 3. The van der Waals surface area contributed by atoms with Gasteiger partial charge in [-0.1, -0.05) is 35.4 Å². The molecule has 0 aliphatic rings. The molecule has 128 valence electrons. The predicted molar refractivity (Wildman–Crippen MR) is 94.2 cm³/mol. The van der Waals surface area contributed by atoms with E-state index < -0.39 is 12.1 Å². The van der Waals surface area contributed by atoms with Crippen LogP contribution in [0.3, 0.4) is 0 Å². The van der Waals surface area contributed by atoms with Crippen molar-refractivity contribution in [1.82, 2.24) is 10.2 Å². The van der Waals surface area contributed by atoms with Crippen LogP contribution in [-0.2, 0) is 4.74 Å². The number of ether oxygens (including phenoxy) is 1. The SMILES string of the molecule is Cc1ccc(-c2nnc(C(C)OC(=O)c3cc(C)ccc3C)o2)cc1. The number of hydrogen-bond acceptors (Lipinski definition) is 5. The molecule has 25 heavy (non-hydrogen) atoms. The zero-order valence-corrected chi connectivity index (χ0v) is 14.7. The van der Waals surface area contributed by atoms with E-state index in [1.807, 2.05) is 63.2 Å². The van der Waals surface area contributed by atoms with Gasteiger partial charge in [0.2, 0.25) is 5.89 Å². The number of carbonyl (C=O) groups excluding carboxylic acids is 1. The van der Waals surface area contributed by atoms with Crippen LogP contribution < -0.4 is 0 Å². The van der Waals surface area contributed by atoms with Crippen molar-refractivity contribution in [3.8, 4) is 11.5 Å². The third-order valence-electron chi connectivity index (χ3n) is 3.98. The highest BCUT2D eigenvalue weighted by atomic mass is 16.6. The second-order valence-electron chi connectivity index (χ2n) is 6.18. The van der Waals surface area contributed by atoms with E-state index in [1.165, 1.54) is 0 Å². The van der Waals surface area contributed by atoms with Crippen molar-refractivity contribution < 1.29 is 13.9 Å². The Morgan fingerprint density at radius 2 is 1.68 bits per heavy atom. The molecule has 0 N–H and O–H groups in total. The van der Waals surface area contributed by atoms with Crippen molar-refractivity contribution >= 4 is 5.97 Å². The highest BCUT2D eigenvalue weighted by Gasteiger charge is 2.21. The molecule has 1 unspecified atom stereocenters. The second kappa shape index (κ2) is 6.89. The van der Waals surface area contributed by atoms with E-state index in [9.17, 15) is 4.79 Å². The van der Waals surface area contributed by atoms with Gasteiger partial charge in [-0.3, -0.25) is 0 Å². The van der Waals surface area contributed by atoms with Crippen LogP contribution in [0.5, 0.6) is 0 Å². The summed E-state index contributed by atoms with van der Waals surface area (Å²) in [7, 11) is 0. The number of rotatable bonds is 4. The molecule has 0 radical (unpaired) electrons. The molecule has 2 aromatic carbocycles. The van der Waals surface area contributed by atoms with Gasteiger partial charge >= 0.3 is 5.97 Å². The lowest BCUT2D eigenvalue weighted by atomic mass is 10.1. The maximum Gasteiger partial charge on any atom is 0.339 e. The number of nitrogens with zero attached hydrogens (tertiary/aromatic N) is 2. The molecule has 1 aromatic heterocycles. The van der Waals surface area contributed by atoms with Gasteiger partial charge in [-0.25, -0.2) is 4.79 Å². The van der Waals surface area contributed by atoms with Crippen LogP contribution in [0.4, 0.5) is 0 Å². The molecular formula is C20H20N2O3. The van der Waals surface area contributed by atoms with Gasteiger partial charge < -0.3 is 9.15 Å². The lowest BCUT2D eigenvalue weighted by Crippen LogP contribution is -2.11. The molecule has 0 bridgehead atoms. The molecule has 1 atom stereocenters. The van der Waals surface area contributed by atoms with Crippen molar-refractivity contribution in [2.45, 2.75) is 33.8 Å². The van der Waals surface area contributed by atoms with Gasteiger partial charge in [0.15, 0.2) is 6.10 Å². The van der Waals surface area contributed by atoms with Gasteiger partial charge in [0, 0.05) is 5.56 Å². The van der Waals surface area contributed by atoms with Crippen LogP contribution in [-0.4, -0.2) is 16.2 Å². The van der Waals surface area contributed by atoms with E-state index in [2.05, 4.69) is 10.2 Å². The van der Waals surface area contributed by atoms with Crippen LogP contribution in [0.2, 0.25) is 0 Å². The predicted octanol–water partition coefficient (Wildman–Crippen LogP) is 4.58. The summed E-state index contributed by atoms with van der Waals surface area (Å²) in [5.74, 6) is 0.280. The summed E-state index contributed by atoms with van der Waals surface area (Å²) in [5.41, 5.74) is 4.40. The van der Waals surface area contributed by atoms with E-state index >= 15 is 0 Å². The molecule has 1 heterocycles. The van der Waals surface area contributed by atoms with E-state index in [0.717, 1.165) is 22.3 Å². The Hall–Kier alpha value is -2.95. The van der Waals surface area contributed by atoms with Gasteiger partial charge in [-0.2, -0.15) is 0 Å². The number of carbonyl (C=O) groups is 1. The van der Waals surface area contributed by atoms with Crippen LogP contribution >= 0.6 is 0 Å². The van der Waals surface area contributed by atoms with E-state index in [4.69, 9.17) is 9.15 Å². The van der Waals surface area contributed by atoms with Gasteiger partial charge in [0.1, 0.15) is 0 Å². The first-order valence-electron chi connectivity index (χ1n) is 8.12. The molecule has 5 heteroatoms. The summed E-state index contributed by atoms with van der Waals surface area (Å²) < 4.78 is 11.2. The Morgan fingerprint density at radius 1 is 1.00 bits per heavy atom. The van der Waals surface area contributed by atoms with Crippen LogP contribution in [0.1, 0.15) is 46.0 Å². The zero-order valence-electron chi connectivity index (χ0n) is 14.7. The van der Waals surface area contributed by atoms with Crippen molar-refractivity contribution in [1.29, 1.82) is 0 Å². The topological polar surface area (TPSA) is 65.2 Å². The Labute approximate surface area is 146 Å². The molecule has 3 aromatic rings. The van der Waals surface area contributed by atoms with Crippen molar-refractivity contribution in [2.24, 2.45) is 0 Å². The first-order valence-corrected chi connectivity index (χ1v) is 8.12. The van der Waals surface area contributed by atoms with E-state index in [1.54, 1.807) is 6.92 Å². The fourth-order valence-corrected chi connectivity index (χ4v) is 2.44. The minimum Gasteiger partial charge on any atom is -0.449 e. The highest BCUT2D eigenvalue weighted by Crippen LogP contribution is 2.24. The quantitative estimate of drug-likeness (QED) is 0.652. The molecular weight excluding hydrogens is 316 g/mol. The molecule has 0 aliphatic carbocycles. The smallest absolute Gasteiger partial charge is 0.339 e. The number of esters is 1. The number of benzene rings is 2. The first kappa shape index (κ1) is 16.9. The largest absolute Gasteiger partial charge is 0.449 e. The van der Waals surface area contributed by atoms with Crippen molar-refractivity contribution in [3.05, 3.63) is 70.6 Å². The summed E-state index contributed by atoms with van der Waals surface area (Å²) >= 11 is 0. The summed E-state index contributed by atoms with van der Waals surface area (Å²) in [4.78, 5) is 12.4. The van der Waals surface area contributed by atoms with E-state index in [0.29, 0.717) is 11.5 Å². The highest BCUT2D eigenvalue weighted by molar-refractivity contribution is 5.91. The Bertz CT molecular complexity index is 898. The zero-order chi connectivity index (χ0) is 18.0. The normalized spacial score (nSPS) is 12.0. The third-order valence-corrected chi connectivity index (χ3v) is 3.98. The molecule has 0 saturated heterocycles. The number of aromatic nitrogens is 2. The monoisotopic (exact) mass is 336 g/mol. The molecule has 0 spiro atoms. The van der Waals surface area contributed by atoms with Gasteiger partial charge in [0.25, 0.3) is 5.89 Å². The minimum atomic E-state index is -0.626. The van der Waals surface area contributed by atoms with Crippen LogP contribution in [0.25, 0.3) is 11.5 Å². The fraction of sp³-hybridized carbons (Fsp3) is 0.250. The second-order valence-corrected chi connectivity index (χ2v) is 6.18.